The van der Waals surface area contributed by atoms with Crippen LogP contribution in [0.4, 0.5) is 0 Å². The molecule has 1 saturated carbocycles. The van der Waals surface area contributed by atoms with Gasteiger partial charge in [0.25, 0.3) is 0 Å². The van der Waals surface area contributed by atoms with Gasteiger partial charge in [-0.2, -0.15) is 0 Å². The van der Waals surface area contributed by atoms with Crippen molar-refractivity contribution in [2.75, 3.05) is 26.7 Å². The fourth-order valence-electron chi connectivity index (χ4n) is 2.32. The average Bonchev–Trinajstić information content (AvgIpc) is 2.79. The second kappa shape index (κ2) is 7.52. The molecule has 1 aliphatic rings. The Morgan fingerprint density at radius 2 is 1.83 bits per heavy atom. The average molecular weight is 254 g/mol. The lowest BCUT2D eigenvalue weighted by atomic mass is 10.0. The number of carbonyl (C=O) groups excluding carboxylic acids is 2. The summed E-state index contributed by atoms with van der Waals surface area (Å²) in [4.78, 5) is 25.3. The molecular weight excluding hydrogens is 228 g/mol. The summed E-state index contributed by atoms with van der Waals surface area (Å²) < 4.78 is 0. The Morgan fingerprint density at radius 1 is 1.22 bits per heavy atom. The van der Waals surface area contributed by atoms with Gasteiger partial charge in [0, 0.05) is 12.5 Å². The highest BCUT2D eigenvalue weighted by atomic mass is 16.2. The highest BCUT2D eigenvalue weighted by Crippen LogP contribution is 2.25. The van der Waals surface area contributed by atoms with Crippen molar-refractivity contribution < 1.29 is 9.59 Å². The van der Waals surface area contributed by atoms with E-state index in [9.17, 15) is 9.59 Å². The van der Waals surface area contributed by atoms with Gasteiger partial charge in [0.05, 0.1) is 13.1 Å². The maximum atomic E-state index is 11.9. The first-order valence-electron chi connectivity index (χ1n) is 6.97. The Bertz CT molecular complexity index is 284. The third-order valence-corrected chi connectivity index (χ3v) is 3.36. The molecule has 0 saturated heterocycles. The molecule has 0 unspecified atom stereocenters. The summed E-state index contributed by atoms with van der Waals surface area (Å²) in [5.41, 5.74) is 0. The van der Waals surface area contributed by atoms with Crippen LogP contribution in [0.1, 0.15) is 39.5 Å². The van der Waals surface area contributed by atoms with E-state index in [-0.39, 0.29) is 11.8 Å². The third kappa shape index (κ3) is 5.63. The summed E-state index contributed by atoms with van der Waals surface area (Å²) in [6.07, 6.45) is 4.42. The molecular formula is C14H26N2O2. The normalized spacial score (nSPS) is 16.5. The van der Waals surface area contributed by atoms with Gasteiger partial charge in [-0.25, -0.2) is 0 Å². The van der Waals surface area contributed by atoms with Crippen LogP contribution in [0, 0.1) is 11.8 Å². The SMILES string of the molecule is CC(C)CNC(=O)CN(C)CC(=O)C1CCCC1. The van der Waals surface area contributed by atoms with Crippen molar-refractivity contribution in [1.29, 1.82) is 0 Å². The number of nitrogens with one attached hydrogen (secondary N) is 1. The summed E-state index contributed by atoms with van der Waals surface area (Å²) in [7, 11) is 1.84. The number of hydrogen-bond donors (Lipinski definition) is 1. The van der Waals surface area contributed by atoms with E-state index in [0.717, 1.165) is 12.8 Å². The molecule has 18 heavy (non-hydrogen) atoms. The van der Waals surface area contributed by atoms with Crippen molar-refractivity contribution in [2.24, 2.45) is 11.8 Å². The van der Waals surface area contributed by atoms with Crippen molar-refractivity contribution in [3.8, 4) is 0 Å². The second-order valence-corrected chi connectivity index (χ2v) is 5.82. The molecule has 0 heterocycles. The summed E-state index contributed by atoms with van der Waals surface area (Å²) in [5.74, 6) is 1.00. The highest BCUT2D eigenvalue weighted by molar-refractivity contribution is 5.84. The van der Waals surface area contributed by atoms with Gasteiger partial charge in [-0.05, 0) is 25.8 Å². The van der Waals surface area contributed by atoms with Crippen molar-refractivity contribution in [3.63, 3.8) is 0 Å². The van der Waals surface area contributed by atoms with Gasteiger partial charge in [0.2, 0.25) is 5.91 Å². The van der Waals surface area contributed by atoms with Gasteiger partial charge in [0.1, 0.15) is 5.78 Å². The van der Waals surface area contributed by atoms with Crippen molar-refractivity contribution in [1.82, 2.24) is 10.2 Å². The minimum Gasteiger partial charge on any atom is -0.355 e. The third-order valence-electron chi connectivity index (χ3n) is 3.36. The molecule has 1 rings (SSSR count). The van der Waals surface area contributed by atoms with E-state index in [1.54, 1.807) is 0 Å². The highest BCUT2D eigenvalue weighted by Gasteiger charge is 2.23. The maximum absolute atomic E-state index is 11.9. The fourth-order valence-corrected chi connectivity index (χ4v) is 2.32. The van der Waals surface area contributed by atoms with E-state index in [2.05, 4.69) is 19.2 Å². The van der Waals surface area contributed by atoms with E-state index in [1.165, 1.54) is 12.8 Å². The van der Waals surface area contributed by atoms with Gasteiger partial charge in [0.15, 0.2) is 0 Å². The van der Waals surface area contributed by atoms with Gasteiger partial charge in [-0.3, -0.25) is 14.5 Å². The summed E-state index contributed by atoms with van der Waals surface area (Å²) in [6, 6.07) is 0. The predicted molar refractivity (Wildman–Crippen MR) is 72.3 cm³/mol. The van der Waals surface area contributed by atoms with E-state index in [4.69, 9.17) is 0 Å². The molecule has 1 amide bonds. The number of rotatable bonds is 7. The lowest BCUT2D eigenvalue weighted by Gasteiger charge is -2.18. The molecule has 0 bridgehead atoms. The molecule has 0 radical (unpaired) electrons. The lowest BCUT2D eigenvalue weighted by molar-refractivity contribution is -0.125. The van der Waals surface area contributed by atoms with Crippen LogP contribution < -0.4 is 5.32 Å². The zero-order chi connectivity index (χ0) is 13.5. The van der Waals surface area contributed by atoms with E-state index >= 15 is 0 Å². The maximum Gasteiger partial charge on any atom is 0.234 e. The van der Waals surface area contributed by atoms with Crippen molar-refractivity contribution >= 4 is 11.7 Å². The molecule has 4 nitrogen and oxygen atoms in total. The fraction of sp³-hybridized carbons (Fsp3) is 0.857. The second-order valence-electron chi connectivity index (χ2n) is 5.82. The van der Waals surface area contributed by atoms with Gasteiger partial charge < -0.3 is 5.32 Å². The zero-order valence-corrected chi connectivity index (χ0v) is 11.9. The van der Waals surface area contributed by atoms with Crippen LogP contribution in [0.5, 0.6) is 0 Å². The Hall–Kier alpha value is -0.900. The molecule has 0 atom stereocenters. The molecule has 0 spiro atoms. The first-order valence-corrected chi connectivity index (χ1v) is 6.97. The number of ketones is 1. The standard InChI is InChI=1S/C14H26N2O2/c1-11(2)8-15-14(18)10-16(3)9-13(17)12-6-4-5-7-12/h11-12H,4-10H2,1-3H3,(H,15,18). The minimum atomic E-state index is 0.00502. The number of nitrogens with zero attached hydrogens (tertiary/aromatic N) is 1. The molecule has 1 aliphatic carbocycles. The van der Waals surface area contributed by atoms with Crippen LogP contribution in [0.2, 0.25) is 0 Å². The molecule has 0 aromatic heterocycles. The first kappa shape index (κ1) is 15.2. The summed E-state index contributed by atoms with van der Waals surface area (Å²) in [6.45, 7) is 5.54. The quantitative estimate of drug-likeness (QED) is 0.748. The lowest BCUT2D eigenvalue weighted by Crippen LogP contribution is -2.39. The Balaban J connectivity index is 2.21. The van der Waals surface area contributed by atoms with Crippen LogP contribution in [0.15, 0.2) is 0 Å². The molecule has 104 valence electrons. The molecule has 4 heteroatoms. The van der Waals surface area contributed by atoms with Crippen LogP contribution >= 0.6 is 0 Å². The van der Waals surface area contributed by atoms with E-state index in [0.29, 0.717) is 31.3 Å². The molecule has 0 aliphatic heterocycles. The van der Waals surface area contributed by atoms with Crippen molar-refractivity contribution in [3.05, 3.63) is 0 Å². The number of likely N-dealkylation sites (N-methyl/N-ethyl adjacent to an activating group) is 1. The summed E-state index contributed by atoms with van der Waals surface area (Å²) in [5, 5.41) is 2.86. The van der Waals surface area contributed by atoms with Crippen LogP contribution in [0.3, 0.4) is 0 Å². The Kier molecular flexibility index (Phi) is 6.33. The van der Waals surface area contributed by atoms with E-state index in [1.807, 2.05) is 11.9 Å². The predicted octanol–water partition coefficient (Wildman–Crippen LogP) is 1.45. The Morgan fingerprint density at radius 3 is 2.39 bits per heavy atom. The molecule has 0 aromatic rings. The summed E-state index contributed by atoms with van der Waals surface area (Å²) >= 11 is 0. The number of carbonyl (C=O) groups is 2. The van der Waals surface area contributed by atoms with Gasteiger partial charge in [-0.15, -0.1) is 0 Å². The van der Waals surface area contributed by atoms with Gasteiger partial charge in [-0.1, -0.05) is 26.7 Å². The zero-order valence-electron chi connectivity index (χ0n) is 11.9. The minimum absolute atomic E-state index is 0.00502. The molecule has 1 fully saturated rings. The number of Topliss-reactive ketones (excluding diaryl/α,β-unsaturated/α-hetero) is 1. The smallest absolute Gasteiger partial charge is 0.234 e. The number of hydrogen-bond acceptors (Lipinski definition) is 3. The van der Waals surface area contributed by atoms with Crippen molar-refractivity contribution in [2.45, 2.75) is 39.5 Å². The van der Waals surface area contributed by atoms with Crippen LogP contribution in [-0.4, -0.2) is 43.3 Å². The first-order chi connectivity index (χ1) is 8.49. The largest absolute Gasteiger partial charge is 0.355 e. The molecule has 0 aromatic carbocycles. The van der Waals surface area contributed by atoms with E-state index < -0.39 is 0 Å². The molecule has 1 N–H and O–H groups in total. The topological polar surface area (TPSA) is 49.4 Å². The van der Waals surface area contributed by atoms with Gasteiger partial charge >= 0.3 is 0 Å². The number of amides is 1. The van der Waals surface area contributed by atoms with Crippen LogP contribution in [-0.2, 0) is 9.59 Å². The monoisotopic (exact) mass is 254 g/mol. The Labute approximate surface area is 110 Å². The van der Waals surface area contributed by atoms with Crippen LogP contribution in [0.25, 0.3) is 0 Å².